The molecule has 1 aromatic carbocycles. The Morgan fingerprint density at radius 1 is 1.14 bits per heavy atom. The number of hydrogen-bond donors (Lipinski definition) is 1. The Kier molecular flexibility index (Phi) is 9.56. The Bertz CT molecular complexity index is 782. The molecule has 1 N–H and O–H groups in total. The van der Waals surface area contributed by atoms with Gasteiger partial charge in [0, 0.05) is 24.5 Å². The molecule has 1 amide bonds. The summed E-state index contributed by atoms with van der Waals surface area (Å²) in [5.41, 5.74) is 1.47. The second-order valence-corrected chi connectivity index (χ2v) is 7.28. The molecule has 0 aliphatic carbocycles. The number of hydrogen-bond acceptors (Lipinski definition) is 6. The third kappa shape index (κ3) is 7.81. The standard InChI is InChI=1S/C21H26BrN3O4/c1-3-5-6-18(29-21-24-13-17(22)14-25-21)15-7-9-16(10-8-15)20(27)23-12-11-19(26)28-4-2/h7-10,13-14,18H,3-6,11-12H2,1-2H3,(H,23,27)/t18-/m1/s1. The van der Waals surface area contributed by atoms with E-state index in [0.717, 1.165) is 29.3 Å². The second-order valence-electron chi connectivity index (χ2n) is 6.37. The monoisotopic (exact) mass is 463 g/mol. The van der Waals surface area contributed by atoms with Gasteiger partial charge in [0.15, 0.2) is 0 Å². The van der Waals surface area contributed by atoms with E-state index in [-0.39, 0.29) is 30.9 Å². The Hall–Kier alpha value is -2.48. The molecule has 156 valence electrons. The molecule has 0 spiro atoms. The van der Waals surface area contributed by atoms with E-state index in [0.29, 0.717) is 18.2 Å². The third-order valence-electron chi connectivity index (χ3n) is 4.13. The zero-order chi connectivity index (χ0) is 21.1. The normalized spacial score (nSPS) is 11.6. The van der Waals surface area contributed by atoms with E-state index in [4.69, 9.17) is 9.47 Å². The number of unbranched alkanes of at least 4 members (excludes halogenated alkanes) is 1. The van der Waals surface area contributed by atoms with Gasteiger partial charge in [-0.25, -0.2) is 9.97 Å². The molecule has 1 atom stereocenters. The molecule has 0 fully saturated rings. The van der Waals surface area contributed by atoms with Gasteiger partial charge in [-0.15, -0.1) is 0 Å². The van der Waals surface area contributed by atoms with Crippen molar-refractivity contribution < 1.29 is 19.1 Å². The molecule has 8 heteroatoms. The fourth-order valence-electron chi connectivity index (χ4n) is 2.63. The average molecular weight is 464 g/mol. The zero-order valence-corrected chi connectivity index (χ0v) is 18.3. The molecule has 0 saturated heterocycles. The lowest BCUT2D eigenvalue weighted by atomic mass is 10.0. The Morgan fingerprint density at radius 2 is 1.83 bits per heavy atom. The minimum absolute atomic E-state index is 0.151. The number of aromatic nitrogens is 2. The van der Waals surface area contributed by atoms with E-state index in [1.807, 2.05) is 12.1 Å². The first-order valence-corrected chi connectivity index (χ1v) is 10.5. The fourth-order valence-corrected chi connectivity index (χ4v) is 2.84. The van der Waals surface area contributed by atoms with Crippen LogP contribution in [-0.4, -0.2) is 35.0 Å². The maximum Gasteiger partial charge on any atom is 0.316 e. The number of halogens is 1. The molecule has 1 aromatic heterocycles. The molecule has 0 bridgehead atoms. The highest BCUT2D eigenvalue weighted by atomic mass is 79.9. The van der Waals surface area contributed by atoms with Crippen LogP contribution in [0.3, 0.4) is 0 Å². The first kappa shape index (κ1) is 22.8. The van der Waals surface area contributed by atoms with Crippen LogP contribution in [-0.2, 0) is 9.53 Å². The number of ether oxygens (including phenoxy) is 2. The summed E-state index contributed by atoms with van der Waals surface area (Å²) in [6.07, 6.45) is 6.10. The van der Waals surface area contributed by atoms with Crippen molar-refractivity contribution in [2.24, 2.45) is 0 Å². The van der Waals surface area contributed by atoms with Crippen molar-refractivity contribution in [3.05, 3.63) is 52.3 Å². The zero-order valence-electron chi connectivity index (χ0n) is 16.7. The predicted octanol–water partition coefficient (Wildman–Crippen LogP) is 4.23. The minimum Gasteiger partial charge on any atom is -0.466 e. The van der Waals surface area contributed by atoms with Crippen molar-refractivity contribution in [2.45, 2.75) is 45.6 Å². The van der Waals surface area contributed by atoms with Gasteiger partial charge in [-0.2, -0.15) is 0 Å². The van der Waals surface area contributed by atoms with Crippen molar-refractivity contribution in [1.82, 2.24) is 15.3 Å². The largest absolute Gasteiger partial charge is 0.466 e. The van der Waals surface area contributed by atoms with Crippen molar-refractivity contribution in [1.29, 1.82) is 0 Å². The van der Waals surface area contributed by atoms with Gasteiger partial charge in [0.25, 0.3) is 5.91 Å². The smallest absolute Gasteiger partial charge is 0.316 e. The van der Waals surface area contributed by atoms with Crippen molar-refractivity contribution in [2.75, 3.05) is 13.2 Å². The van der Waals surface area contributed by atoms with Crippen molar-refractivity contribution >= 4 is 27.8 Å². The van der Waals surface area contributed by atoms with Gasteiger partial charge in [0.05, 0.1) is 17.5 Å². The molecule has 0 unspecified atom stereocenters. The number of carbonyl (C=O) groups excluding carboxylic acids is 2. The third-order valence-corrected chi connectivity index (χ3v) is 4.54. The van der Waals surface area contributed by atoms with E-state index < -0.39 is 0 Å². The molecule has 0 saturated carbocycles. The van der Waals surface area contributed by atoms with Gasteiger partial charge in [0.1, 0.15) is 6.10 Å². The average Bonchev–Trinajstić information content (AvgIpc) is 2.73. The van der Waals surface area contributed by atoms with E-state index in [2.05, 4.69) is 38.1 Å². The van der Waals surface area contributed by atoms with Gasteiger partial charge in [0.2, 0.25) is 0 Å². The van der Waals surface area contributed by atoms with Crippen molar-refractivity contribution in [3.8, 4) is 6.01 Å². The summed E-state index contributed by atoms with van der Waals surface area (Å²) < 4.78 is 11.6. The Labute approximate surface area is 179 Å². The van der Waals surface area contributed by atoms with Gasteiger partial charge in [-0.3, -0.25) is 9.59 Å². The van der Waals surface area contributed by atoms with Crippen LogP contribution in [0.15, 0.2) is 41.1 Å². The fraction of sp³-hybridized carbons (Fsp3) is 0.429. The number of benzene rings is 1. The highest BCUT2D eigenvalue weighted by Crippen LogP contribution is 2.25. The summed E-state index contributed by atoms with van der Waals surface area (Å²) in [6.45, 7) is 4.44. The highest BCUT2D eigenvalue weighted by molar-refractivity contribution is 9.10. The van der Waals surface area contributed by atoms with E-state index in [1.54, 1.807) is 31.5 Å². The van der Waals surface area contributed by atoms with Crippen LogP contribution < -0.4 is 10.1 Å². The Morgan fingerprint density at radius 3 is 2.45 bits per heavy atom. The first-order chi connectivity index (χ1) is 14.0. The van der Waals surface area contributed by atoms with Crippen LogP contribution in [0.25, 0.3) is 0 Å². The quantitative estimate of drug-likeness (QED) is 0.501. The van der Waals surface area contributed by atoms with Crippen LogP contribution in [0.4, 0.5) is 0 Å². The first-order valence-electron chi connectivity index (χ1n) is 9.71. The summed E-state index contributed by atoms with van der Waals surface area (Å²) in [4.78, 5) is 31.9. The molecule has 0 aliphatic rings. The van der Waals surface area contributed by atoms with Crippen LogP contribution in [0.1, 0.15) is 61.6 Å². The van der Waals surface area contributed by atoms with Gasteiger partial charge < -0.3 is 14.8 Å². The van der Waals surface area contributed by atoms with Gasteiger partial charge in [-0.05, 0) is 53.4 Å². The number of esters is 1. The van der Waals surface area contributed by atoms with Crippen LogP contribution >= 0.6 is 15.9 Å². The highest BCUT2D eigenvalue weighted by Gasteiger charge is 2.16. The molecular weight excluding hydrogens is 438 g/mol. The molecule has 0 radical (unpaired) electrons. The maximum atomic E-state index is 12.2. The van der Waals surface area contributed by atoms with Crippen LogP contribution in [0.5, 0.6) is 6.01 Å². The SMILES string of the molecule is CCCC[C@@H](Oc1ncc(Br)cn1)c1ccc(C(=O)NCCC(=O)OCC)cc1. The van der Waals surface area contributed by atoms with E-state index in [1.165, 1.54) is 0 Å². The minimum atomic E-state index is -0.325. The summed E-state index contributed by atoms with van der Waals surface area (Å²) in [7, 11) is 0. The van der Waals surface area contributed by atoms with Crippen LogP contribution in [0, 0.1) is 0 Å². The molecule has 0 aliphatic heterocycles. The predicted molar refractivity (Wildman–Crippen MR) is 113 cm³/mol. The molecule has 2 aromatic rings. The number of amides is 1. The van der Waals surface area contributed by atoms with Gasteiger partial charge >= 0.3 is 12.0 Å². The van der Waals surface area contributed by atoms with E-state index in [9.17, 15) is 9.59 Å². The van der Waals surface area contributed by atoms with Crippen LogP contribution in [0.2, 0.25) is 0 Å². The summed E-state index contributed by atoms with van der Waals surface area (Å²) in [5, 5.41) is 2.72. The summed E-state index contributed by atoms with van der Waals surface area (Å²) in [5.74, 6) is -0.558. The molecule has 1 heterocycles. The number of nitrogens with zero attached hydrogens (tertiary/aromatic N) is 2. The van der Waals surface area contributed by atoms with E-state index >= 15 is 0 Å². The lowest BCUT2D eigenvalue weighted by Crippen LogP contribution is -2.26. The van der Waals surface area contributed by atoms with Gasteiger partial charge in [-0.1, -0.05) is 25.5 Å². The number of carbonyl (C=O) groups is 2. The topological polar surface area (TPSA) is 90.4 Å². The lowest BCUT2D eigenvalue weighted by molar-refractivity contribution is -0.142. The summed E-state index contributed by atoms with van der Waals surface area (Å²) in [6, 6.07) is 7.56. The number of nitrogens with one attached hydrogen (secondary N) is 1. The molecule has 7 nitrogen and oxygen atoms in total. The Balaban J connectivity index is 1.99. The maximum absolute atomic E-state index is 12.2. The number of rotatable bonds is 11. The summed E-state index contributed by atoms with van der Waals surface area (Å²) >= 11 is 3.31. The second kappa shape index (κ2) is 12.2. The molecular formula is C21H26BrN3O4. The lowest BCUT2D eigenvalue weighted by Gasteiger charge is -2.18. The molecule has 2 rings (SSSR count). The van der Waals surface area contributed by atoms with Crippen molar-refractivity contribution in [3.63, 3.8) is 0 Å². The molecule has 29 heavy (non-hydrogen) atoms.